The van der Waals surface area contributed by atoms with Gasteiger partial charge in [0, 0.05) is 6.07 Å². The molecule has 0 aliphatic rings. The molecular weight excluding hydrogens is 232 g/mol. The van der Waals surface area contributed by atoms with Crippen LogP contribution in [0, 0.1) is 6.92 Å². The molecule has 0 saturated carbocycles. The van der Waals surface area contributed by atoms with Crippen molar-refractivity contribution in [3.63, 3.8) is 0 Å². The molecule has 0 aliphatic carbocycles. The molecule has 2 rings (SSSR count). The van der Waals surface area contributed by atoms with Gasteiger partial charge in [-0.3, -0.25) is 0 Å². The summed E-state index contributed by atoms with van der Waals surface area (Å²) in [6.07, 6.45) is 0. The maximum atomic E-state index is 10.3. The molecule has 2 aromatic carbocycles. The molecule has 0 bridgehead atoms. The number of phenolic OH excluding ortho intramolecular Hbond substituents is 2. The predicted octanol–water partition coefficient (Wildman–Crippen LogP) is 2.79. The van der Waals surface area contributed by atoms with Gasteiger partial charge in [-0.25, -0.2) is 4.79 Å². The highest BCUT2D eigenvalue weighted by molar-refractivity contribution is 5.87. The minimum absolute atomic E-state index is 0.0880. The smallest absolute Gasteiger partial charge is 0.335 e. The highest BCUT2D eigenvalue weighted by Crippen LogP contribution is 2.14. The normalized spacial score (nSPS) is 9.17. The summed E-state index contributed by atoms with van der Waals surface area (Å²) < 4.78 is 0. The number of carbonyl (C=O) groups is 1. The van der Waals surface area contributed by atoms with Crippen LogP contribution in [0.25, 0.3) is 0 Å². The largest absolute Gasteiger partial charge is 0.508 e. The van der Waals surface area contributed by atoms with Crippen molar-refractivity contribution >= 4 is 5.97 Å². The van der Waals surface area contributed by atoms with Gasteiger partial charge >= 0.3 is 5.97 Å². The van der Waals surface area contributed by atoms with Crippen LogP contribution in [0.3, 0.4) is 0 Å². The third-order valence-electron chi connectivity index (χ3n) is 2.13. The number of benzene rings is 2. The lowest BCUT2D eigenvalue weighted by Gasteiger charge is -1.92. The summed E-state index contributed by atoms with van der Waals surface area (Å²) in [4.78, 5) is 10.3. The van der Waals surface area contributed by atoms with E-state index >= 15 is 0 Å². The number of aryl methyl sites for hydroxylation is 1. The van der Waals surface area contributed by atoms with E-state index in [1.165, 1.54) is 18.2 Å². The summed E-state index contributed by atoms with van der Waals surface area (Å²) in [5.74, 6) is -0.699. The lowest BCUT2D eigenvalue weighted by Crippen LogP contribution is -1.94. The molecule has 4 heteroatoms. The zero-order valence-electron chi connectivity index (χ0n) is 9.87. The molecule has 0 aromatic heterocycles. The Labute approximate surface area is 105 Å². The van der Waals surface area contributed by atoms with E-state index in [0.717, 1.165) is 5.56 Å². The number of hydrogen-bond donors (Lipinski definition) is 3. The number of hydrogen-bond acceptors (Lipinski definition) is 3. The van der Waals surface area contributed by atoms with Gasteiger partial charge in [0.15, 0.2) is 0 Å². The minimum atomic E-state index is -0.875. The molecule has 0 saturated heterocycles. The van der Waals surface area contributed by atoms with Gasteiger partial charge in [-0.1, -0.05) is 23.8 Å². The summed E-state index contributed by atoms with van der Waals surface area (Å²) in [5.41, 5.74) is 1.41. The molecule has 4 nitrogen and oxygen atoms in total. The van der Waals surface area contributed by atoms with Crippen LogP contribution in [-0.4, -0.2) is 21.3 Å². The van der Waals surface area contributed by atoms with Crippen molar-refractivity contribution in [2.45, 2.75) is 6.92 Å². The fourth-order valence-electron chi connectivity index (χ4n) is 1.19. The molecule has 0 aliphatic heterocycles. The van der Waals surface area contributed by atoms with Crippen LogP contribution in [-0.2, 0) is 0 Å². The second kappa shape index (κ2) is 6.30. The maximum absolute atomic E-state index is 10.3. The lowest BCUT2D eigenvalue weighted by molar-refractivity contribution is 0.0697. The summed E-state index contributed by atoms with van der Waals surface area (Å²) in [5, 5.41) is 25.8. The highest BCUT2D eigenvalue weighted by atomic mass is 16.4. The molecule has 18 heavy (non-hydrogen) atoms. The lowest BCUT2D eigenvalue weighted by atomic mass is 10.2. The number of phenols is 2. The van der Waals surface area contributed by atoms with Crippen molar-refractivity contribution in [2.75, 3.05) is 0 Å². The first-order valence-electron chi connectivity index (χ1n) is 5.27. The zero-order chi connectivity index (χ0) is 13.5. The van der Waals surface area contributed by atoms with Crippen LogP contribution in [0.2, 0.25) is 0 Å². The van der Waals surface area contributed by atoms with Gasteiger partial charge in [-0.05, 0) is 31.2 Å². The standard InChI is InChI=1S/C8H8O2.C6H6O2/c1-6-2-4-7(5-3-6)8(9)10;7-5-2-1-3-6(8)4-5/h2-5H,1H3,(H,9,10);1-4,7-8H. The van der Waals surface area contributed by atoms with E-state index in [9.17, 15) is 4.79 Å². The molecule has 0 unspecified atom stereocenters. The Morgan fingerprint density at radius 2 is 1.44 bits per heavy atom. The number of aromatic hydroxyl groups is 2. The SMILES string of the molecule is Cc1ccc(C(=O)O)cc1.Oc1cccc(O)c1. The third kappa shape index (κ3) is 4.57. The molecule has 94 valence electrons. The Bertz CT molecular complexity index is 500. The van der Waals surface area contributed by atoms with Gasteiger partial charge in [-0.15, -0.1) is 0 Å². The van der Waals surface area contributed by atoms with E-state index in [0.29, 0.717) is 5.56 Å². The molecule has 2 aromatic rings. The summed E-state index contributed by atoms with van der Waals surface area (Å²) in [6.45, 7) is 1.92. The third-order valence-corrected chi connectivity index (χ3v) is 2.13. The molecule has 0 radical (unpaired) electrons. The van der Waals surface area contributed by atoms with Crippen LogP contribution in [0.4, 0.5) is 0 Å². The molecule has 0 atom stereocenters. The monoisotopic (exact) mass is 246 g/mol. The van der Waals surface area contributed by atoms with Crippen LogP contribution >= 0.6 is 0 Å². The van der Waals surface area contributed by atoms with Crippen LogP contribution < -0.4 is 0 Å². The van der Waals surface area contributed by atoms with Gasteiger partial charge in [-0.2, -0.15) is 0 Å². The summed E-state index contributed by atoms with van der Waals surface area (Å²) in [6, 6.07) is 12.6. The Kier molecular flexibility index (Phi) is 4.75. The molecule has 3 N–H and O–H groups in total. The highest BCUT2D eigenvalue weighted by Gasteiger charge is 1.98. The first-order valence-corrected chi connectivity index (χ1v) is 5.27. The Morgan fingerprint density at radius 1 is 0.944 bits per heavy atom. The molecular formula is C14H14O4. The van der Waals surface area contributed by atoms with Gasteiger partial charge < -0.3 is 15.3 Å². The Morgan fingerprint density at radius 3 is 1.78 bits per heavy atom. The van der Waals surface area contributed by atoms with Crippen molar-refractivity contribution in [3.05, 3.63) is 59.7 Å². The Hall–Kier alpha value is -2.49. The topological polar surface area (TPSA) is 77.8 Å². The van der Waals surface area contributed by atoms with Crippen LogP contribution in [0.5, 0.6) is 11.5 Å². The van der Waals surface area contributed by atoms with Gasteiger partial charge in [0.2, 0.25) is 0 Å². The van der Waals surface area contributed by atoms with Crippen molar-refractivity contribution in [3.8, 4) is 11.5 Å². The zero-order valence-corrected chi connectivity index (χ0v) is 9.87. The second-order valence-corrected chi connectivity index (χ2v) is 3.69. The molecule has 0 heterocycles. The molecule has 0 amide bonds. The van der Waals surface area contributed by atoms with E-state index in [1.54, 1.807) is 30.3 Å². The van der Waals surface area contributed by atoms with Gasteiger partial charge in [0.25, 0.3) is 0 Å². The minimum Gasteiger partial charge on any atom is -0.508 e. The van der Waals surface area contributed by atoms with E-state index < -0.39 is 5.97 Å². The summed E-state index contributed by atoms with van der Waals surface area (Å²) in [7, 11) is 0. The Balaban J connectivity index is 0.000000184. The van der Waals surface area contributed by atoms with E-state index in [4.69, 9.17) is 15.3 Å². The van der Waals surface area contributed by atoms with Crippen molar-refractivity contribution in [2.24, 2.45) is 0 Å². The summed E-state index contributed by atoms with van der Waals surface area (Å²) >= 11 is 0. The first-order chi connectivity index (χ1) is 8.49. The molecule has 0 spiro atoms. The fraction of sp³-hybridized carbons (Fsp3) is 0.0714. The van der Waals surface area contributed by atoms with E-state index in [-0.39, 0.29) is 11.5 Å². The van der Waals surface area contributed by atoms with E-state index in [1.807, 2.05) is 6.92 Å². The first kappa shape index (κ1) is 13.6. The van der Waals surface area contributed by atoms with Crippen molar-refractivity contribution < 1.29 is 20.1 Å². The van der Waals surface area contributed by atoms with Crippen LogP contribution in [0.1, 0.15) is 15.9 Å². The quantitative estimate of drug-likeness (QED) is 0.723. The number of carboxylic acids is 1. The molecule has 0 fully saturated rings. The maximum Gasteiger partial charge on any atom is 0.335 e. The fourth-order valence-corrected chi connectivity index (χ4v) is 1.19. The number of aromatic carboxylic acids is 1. The predicted molar refractivity (Wildman–Crippen MR) is 67.9 cm³/mol. The van der Waals surface area contributed by atoms with E-state index in [2.05, 4.69) is 0 Å². The second-order valence-electron chi connectivity index (χ2n) is 3.69. The van der Waals surface area contributed by atoms with Crippen molar-refractivity contribution in [1.29, 1.82) is 0 Å². The van der Waals surface area contributed by atoms with Crippen LogP contribution in [0.15, 0.2) is 48.5 Å². The van der Waals surface area contributed by atoms with Crippen molar-refractivity contribution in [1.82, 2.24) is 0 Å². The van der Waals surface area contributed by atoms with Gasteiger partial charge in [0.1, 0.15) is 11.5 Å². The van der Waals surface area contributed by atoms with Gasteiger partial charge in [0.05, 0.1) is 5.56 Å². The number of carboxylic acid groups (broad SMARTS) is 1. The average Bonchev–Trinajstić information content (AvgIpc) is 2.30. The number of rotatable bonds is 1. The average molecular weight is 246 g/mol.